The molecule has 0 aliphatic carbocycles. The van der Waals surface area contributed by atoms with Crippen molar-refractivity contribution in [1.82, 2.24) is 15.1 Å². The first-order valence-corrected chi connectivity index (χ1v) is 11.9. The van der Waals surface area contributed by atoms with Crippen LogP contribution < -0.4 is 5.32 Å². The lowest BCUT2D eigenvalue weighted by molar-refractivity contribution is -0.136. The van der Waals surface area contributed by atoms with E-state index in [0.29, 0.717) is 19.0 Å². The minimum atomic E-state index is -0.222. The Morgan fingerprint density at radius 1 is 0.906 bits per heavy atom. The average Bonchev–Trinajstić information content (AvgIpc) is 2.75. The third-order valence-electron chi connectivity index (χ3n) is 6.11. The fraction of sp³-hybridized carbons (Fsp3) is 0.519. The van der Waals surface area contributed by atoms with Crippen molar-refractivity contribution in [3.8, 4) is 0 Å². The Kier molecular flexibility index (Phi) is 8.44. The van der Waals surface area contributed by atoms with Gasteiger partial charge in [-0.25, -0.2) is 4.39 Å². The van der Waals surface area contributed by atoms with E-state index in [-0.39, 0.29) is 29.8 Å². The van der Waals surface area contributed by atoms with E-state index in [1.54, 1.807) is 0 Å². The number of nitrogens with zero attached hydrogens (tertiary/aromatic N) is 2. The fourth-order valence-corrected chi connectivity index (χ4v) is 4.54. The Morgan fingerprint density at radius 2 is 1.44 bits per heavy atom. The molecule has 4 nitrogen and oxygen atoms in total. The Labute approximate surface area is 192 Å². The van der Waals surface area contributed by atoms with E-state index in [1.165, 1.54) is 23.3 Å². The molecule has 1 heterocycles. The van der Waals surface area contributed by atoms with Gasteiger partial charge in [0.05, 0.1) is 12.1 Å². The summed E-state index contributed by atoms with van der Waals surface area (Å²) in [7, 11) is 0. The second kappa shape index (κ2) is 11.1. The standard InChI is InChI=1S/C27H38FN3O/c1-19(2)18-25(29-20(3)4)27(32)31-16-14-30(15-17-31)26(22-8-6-21(5)7-9-22)23-10-12-24(28)13-11-23/h6-13,19-20,25-26,29H,14-18H2,1-5H3/t25-,26?/m0/s1. The molecule has 5 heteroatoms. The molecule has 1 amide bonds. The highest BCUT2D eigenvalue weighted by atomic mass is 19.1. The van der Waals surface area contributed by atoms with Crippen molar-refractivity contribution >= 4 is 5.91 Å². The van der Waals surface area contributed by atoms with E-state index in [0.717, 1.165) is 25.1 Å². The lowest BCUT2D eigenvalue weighted by Gasteiger charge is -2.41. The predicted molar refractivity (Wildman–Crippen MR) is 129 cm³/mol. The van der Waals surface area contributed by atoms with Crippen LogP contribution in [0, 0.1) is 18.7 Å². The van der Waals surface area contributed by atoms with Gasteiger partial charge in [0.15, 0.2) is 0 Å². The highest BCUT2D eigenvalue weighted by Gasteiger charge is 2.31. The van der Waals surface area contributed by atoms with Crippen molar-refractivity contribution in [2.75, 3.05) is 26.2 Å². The number of benzene rings is 2. The fourth-order valence-electron chi connectivity index (χ4n) is 4.54. The van der Waals surface area contributed by atoms with E-state index in [1.807, 2.05) is 17.0 Å². The second-order valence-corrected chi connectivity index (χ2v) is 9.73. The summed E-state index contributed by atoms with van der Waals surface area (Å²) in [6, 6.07) is 15.6. The first-order chi connectivity index (χ1) is 15.2. The molecule has 0 saturated carbocycles. The van der Waals surface area contributed by atoms with Gasteiger partial charge in [-0.05, 0) is 42.5 Å². The summed E-state index contributed by atoms with van der Waals surface area (Å²) in [5, 5.41) is 3.46. The lowest BCUT2D eigenvalue weighted by atomic mass is 9.95. The first-order valence-electron chi connectivity index (χ1n) is 11.9. The maximum atomic E-state index is 13.6. The van der Waals surface area contributed by atoms with Crippen LogP contribution in [0.2, 0.25) is 0 Å². The van der Waals surface area contributed by atoms with Crippen molar-refractivity contribution in [3.63, 3.8) is 0 Å². The van der Waals surface area contributed by atoms with E-state index in [9.17, 15) is 9.18 Å². The normalized spacial score (nSPS) is 17.1. The number of amides is 1. The SMILES string of the molecule is Cc1ccc(C(c2ccc(F)cc2)N2CCN(C(=O)[C@H](CC(C)C)NC(C)C)CC2)cc1. The van der Waals surface area contributed by atoms with Gasteiger partial charge in [-0.1, -0.05) is 69.7 Å². The van der Waals surface area contributed by atoms with Gasteiger partial charge in [0.25, 0.3) is 0 Å². The van der Waals surface area contributed by atoms with Crippen LogP contribution >= 0.6 is 0 Å². The summed E-state index contributed by atoms with van der Waals surface area (Å²) in [5.41, 5.74) is 3.49. The minimum absolute atomic E-state index is 0.0497. The molecular formula is C27H38FN3O. The zero-order valence-corrected chi connectivity index (χ0v) is 20.1. The van der Waals surface area contributed by atoms with E-state index >= 15 is 0 Å². The van der Waals surface area contributed by atoms with Crippen LogP contribution in [-0.2, 0) is 4.79 Å². The van der Waals surface area contributed by atoms with Crippen LogP contribution in [0.3, 0.4) is 0 Å². The van der Waals surface area contributed by atoms with Crippen molar-refractivity contribution < 1.29 is 9.18 Å². The van der Waals surface area contributed by atoms with Crippen LogP contribution in [0.5, 0.6) is 0 Å². The first kappa shape index (κ1) is 24.4. The molecule has 1 N–H and O–H groups in total. The van der Waals surface area contributed by atoms with Crippen molar-refractivity contribution in [2.24, 2.45) is 5.92 Å². The summed E-state index contributed by atoms with van der Waals surface area (Å²) in [4.78, 5) is 17.7. The van der Waals surface area contributed by atoms with Crippen molar-refractivity contribution in [2.45, 2.75) is 59.2 Å². The Bertz CT molecular complexity index is 800. The molecule has 1 fully saturated rings. The van der Waals surface area contributed by atoms with Gasteiger partial charge >= 0.3 is 0 Å². The van der Waals surface area contributed by atoms with Gasteiger partial charge in [-0.3, -0.25) is 9.69 Å². The monoisotopic (exact) mass is 439 g/mol. The van der Waals surface area contributed by atoms with E-state index in [4.69, 9.17) is 0 Å². The Balaban J connectivity index is 1.75. The van der Waals surface area contributed by atoms with Gasteiger partial charge in [0.1, 0.15) is 5.82 Å². The summed E-state index contributed by atoms with van der Waals surface area (Å²) in [6.07, 6.45) is 0.846. The summed E-state index contributed by atoms with van der Waals surface area (Å²) < 4.78 is 13.6. The molecule has 1 aliphatic rings. The third-order valence-corrected chi connectivity index (χ3v) is 6.11. The number of nitrogens with one attached hydrogen (secondary N) is 1. The summed E-state index contributed by atoms with van der Waals surface area (Å²) in [6.45, 7) is 13.6. The van der Waals surface area contributed by atoms with Crippen LogP contribution in [0.25, 0.3) is 0 Å². The summed E-state index contributed by atoms with van der Waals surface area (Å²) >= 11 is 0. The molecule has 1 aliphatic heterocycles. The largest absolute Gasteiger partial charge is 0.339 e. The van der Waals surface area contributed by atoms with Crippen LogP contribution in [0.4, 0.5) is 4.39 Å². The molecule has 2 aromatic carbocycles. The molecule has 0 aromatic heterocycles. The van der Waals surface area contributed by atoms with Crippen molar-refractivity contribution in [3.05, 3.63) is 71.0 Å². The number of aryl methyl sites for hydroxylation is 1. The van der Waals surface area contributed by atoms with Crippen molar-refractivity contribution in [1.29, 1.82) is 0 Å². The summed E-state index contributed by atoms with van der Waals surface area (Å²) in [5.74, 6) is 0.447. The predicted octanol–water partition coefficient (Wildman–Crippen LogP) is 4.78. The second-order valence-electron chi connectivity index (χ2n) is 9.73. The maximum Gasteiger partial charge on any atom is 0.239 e. The van der Waals surface area contributed by atoms with Crippen LogP contribution in [0.15, 0.2) is 48.5 Å². The molecule has 2 atom stereocenters. The number of halogens is 1. The molecule has 0 radical (unpaired) electrons. The molecule has 1 saturated heterocycles. The molecule has 0 bridgehead atoms. The number of hydrogen-bond acceptors (Lipinski definition) is 3. The molecule has 0 spiro atoms. The number of carbonyl (C=O) groups excluding carboxylic acids is 1. The number of rotatable bonds is 8. The van der Waals surface area contributed by atoms with Gasteiger partial charge in [-0.15, -0.1) is 0 Å². The Hall–Kier alpha value is -2.24. The van der Waals surface area contributed by atoms with Gasteiger partial charge < -0.3 is 10.2 Å². The van der Waals surface area contributed by atoms with Gasteiger partial charge in [0, 0.05) is 32.2 Å². The lowest BCUT2D eigenvalue weighted by Crippen LogP contribution is -2.55. The molecule has 32 heavy (non-hydrogen) atoms. The van der Waals surface area contributed by atoms with Gasteiger partial charge in [0.2, 0.25) is 5.91 Å². The smallest absolute Gasteiger partial charge is 0.239 e. The minimum Gasteiger partial charge on any atom is -0.339 e. The van der Waals surface area contributed by atoms with Gasteiger partial charge in [-0.2, -0.15) is 0 Å². The highest BCUT2D eigenvalue weighted by Crippen LogP contribution is 2.30. The molecule has 3 rings (SSSR count). The topological polar surface area (TPSA) is 35.6 Å². The number of hydrogen-bond donors (Lipinski definition) is 1. The maximum absolute atomic E-state index is 13.6. The average molecular weight is 440 g/mol. The number of piperazine rings is 1. The molecule has 1 unspecified atom stereocenters. The highest BCUT2D eigenvalue weighted by molar-refractivity contribution is 5.82. The van der Waals surface area contributed by atoms with Crippen LogP contribution in [-0.4, -0.2) is 54.0 Å². The molecule has 174 valence electrons. The van der Waals surface area contributed by atoms with E-state index in [2.05, 4.69) is 69.1 Å². The third kappa shape index (κ3) is 6.39. The quantitative estimate of drug-likeness (QED) is 0.643. The number of carbonyl (C=O) groups is 1. The Morgan fingerprint density at radius 3 is 1.94 bits per heavy atom. The molecular weight excluding hydrogens is 401 g/mol. The molecule has 2 aromatic rings. The zero-order chi connectivity index (χ0) is 23.3. The van der Waals surface area contributed by atoms with E-state index < -0.39 is 0 Å². The van der Waals surface area contributed by atoms with Crippen LogP contribution in [0.1, 0.15) is 56.8 Å². The zero-order valence-electron chi connectivity index (χ0n) is 20.1.